The van der Waals surface area contributed by atoms with E-state index in [1.165, 1.54) is 23.1 Å². The second-order valence-electron chi connectivity index (χ2n) is 5.16. The Morgan fingerprint density at radius 3 is 2.50 bits per heavy atom. The molecule has 0 aromatic heterocycles. The number of hydrogen-bond donors (Lipinski definition) is 0. The highest BCUT2D eigenvalue weighted by atomic mass is 35.5. The highest BCUT2D eigenvalue weighted by Crippen LogP contribution is 2.25. The molecule has 0 spiro atoms. The Hall–Kier alpha value is -2.60. The zero-order valence-corrected chi connectivity index (χ0v) is 14.1. The first-order chi connectivity index (χ1) is 11.4. The number of rotatable bonds is 6. The second-order valence-corrected chi connectivity index (χ2v) is 5.59. The molecule has 0 aliphatic carbocycles. The number of amides is 1. The lowest BCUT2D eigenvalue weighted by atomic mass is 10.1. The molecule has 0 aliphatic rings. The number of nitro groups is 1. The van der Waals surface area contributed by atoms with Gasteiger partial charge in [-0.2, -0.15) is 0 Å². The van der Waals surface area contributed by atoms with Crippen molar-refractivity contribution in [1.82, 2.24) is 4.90 Å². The van der Waals surface area contributed by atoms with Gasteiger partial charge in [0.05, 0.1) is 11.5 Å². The fraction of sp³-hybridized carbons (Fsp3) is 0.235. The number of nitrogens with zero attached hydrogens (tertiary/aromatic N) is 2. The molecule has 6 nitrogen and oxygen atoms in total. The molecule has 0 unspecified atom stereocenters. The smallest absolute Gasteiger partial charge is 0.283 e. The van der Waals surface area contributed by atoms with Gasteiger partial charge in [0.25, 0.3) is 11.6 Å². The largest absolute Gasteiger partial charge is 0.494 e. The minimum absolute atomic E-state index is 0.0119. The number of ether oxygens (including phenoxy) is 1. The average molecular weight is 349 g/mol. The van der Waals surface area contributed by atoms with Gasteiger partial charge >= 0.3 is 0 Å². The molecule has 0 saturated carbocycles. The maximum absolute atomic E-state index is 12.5. The number of halogens is 1. The van der Waals surface area contributed by atoms with E-state index in [0.29, 0.717) is 13.2 Å². The predicted octanol–water partition coefficient (Wildman–Crippen LogP) is 3.92. The monoisotopic (exact) mass is 348 g/mol. The molecule has 0 fully saturated rings. The highest BCUT2D eigenvalue weighted by Gasteiger charge is 2.23. The van der Waals surface area contributed by atoms with E-state index in [1.807, 2.05) is 31.2 Å². The minimum atomic E-state index is -0.607. The van der Waals surface area contributed by atoms with Crippen LogP contribution in [0.4, 0.5) is 5.69 Å². The van der Waals surface area contributed by atoms with E-state index in [4.69, 9.17) is 16.3 Å². The van der Waals surface area contributed by atoms with Crippen LogP contribution in [0.3, 0.4) is 0 Å². The van der Waals surface area contributed by atoms with E-state index in [1.54, 1.807) is 7.05 Å². The first kappa shape index (κ1) is 17.7. The molecule has 2 aromatic carbocycles. The molecule has 126 valence electrons. The summed E-state index contributed by atoms with van der Waals surface area (Å²) in [6.07, 6.45) is 0. The molecule has 0 heterocycles. The standard InChI is InChI=1S/C17H17ClN2O4/c1-3-24-14-7-4-12(5-8-14)11-19(2)17(21)15-9-6-13(18)10-16(15)20(22)23/h4-10H,3,11H2,1-2H3. The topological polar surface area (TPSA) is 72.7 Å². The van der Waals surface area contributed by atoms with Crippen LogP contribution in [-0.2, 0) is 6.54 Å². The van der Waals surface area contributed by atoms with Crippen LogP contribution in [0.25, 0.3) is 0 Å². The molecule has 7 heteroatoms. The van der Waals surface area contributed by atoms with Gasteiger partial charge in [0.2, 0.25) is 0 Å². The summed E-state index contributed by atoms with van der Waals surface area (Å²) < 4.78 is 5.37. The summed E-state index contributed by atoms with van der Waals surface area (Å²) in [5, 5.41) is 11.3. The molecule has 0 bridgehead atoms. The van der Waals surface area contributed by atoms with Gasteiger partial charge in [0.15, 0.2) is 0 Å². The number of carbonyl (C=O) groups is 1. The van der Waals surface area contributed by atoms with Crippen molar-refractivity contribution in [3.05, 3.63) is 68.7 Å². The van der Waals surface area contributed by atoms with E-state index < -0.39 is 10.8 Å². The molecular formula is C17H17ClN2O4. The van der Waals surface area contributed by atoms with Gasteiger partial charge in [-0.3, -0.25) is 14.9 Å². The van der Waals surface area contributed by atoms with Crippen LogP contribution in [0.5, 0.6) is 5.75 Å². The van der Waals surface area contributed by atoms with Crippen molar-refractivity contribution in [2.45, 2.75) is 13.5 Å². The van der Waals surface area contributed by atoms with E-state index in [9.17, 15) is 14.9 Å². The van der Waals surface area contributed by atoms with Crippen molar-refractivity contribution < 1.29 is 14.5 Å². The lowest BCUT2D eigenvalue weighted by molar-refractivity contribution is -0.385. The molecule has 0 saturated heterocycles. The number of benzene rings is 2. The van der Waals surface area contributed by atoms with Crippen LogP contribution in [-0.4, -0.2) is 29.4 Å². The SMILES string of the molecule is CCOc1ccc(CN(C)C(=O)c2ccc(Cl)cc2[N+](=O)[O-])cc1. The Morgan fingerprint density at radius 1 is 1.25 bits per heavy atom. The van der Waals surface area contributed by atoms with Crippen LogP contribution >= 0.6 is 11.6 Å². The maximum Gasteiger partial charge on any atom is 0.283 e. The van der Waals surface area contributed by atoms with Crippen molar-refractivity contribution in [3.63, 3.8) is 0 Å². The summed E-state index contributed by atoms with van der Waals surface area (Å²) >= 11 is 5.77. The van der Waals surface area contributed by atoms with Crippen molar-refractivity contribution >= 4 is 23.2 Å². The maximum atomic E-state index is 12.5. The van der Waals surface area contributed by atoms with E-state index in [2.05, 4.69) is 0 Å². The Bertz CT molecular complexity index is 747. The lowest BCUT2D eigenvalue weighted by Gasteiger charge is -2.17. The quantitative estimate of drug-likeness (QED) is 0.586. The summed E-state index contributed by atoms with van der Waals surface area (Å²) in [5.74, 6) is 0.316. The van der Waals surface area contributed by atoms with Crippen LogP contribution in [0.15, 0.2) is 42.5 Å². The first-order valence-corrected chi connectivity index (χ1v) is 7.71. The van der Waals surface area contributed by atoms with Gasteiger partial charge < -0.3 is 9.64 Å². The number of nitro benzene ring substituents is 1. The van der Waals surface area contributed by atoms with E-state index in [-0.39, 0.29) is 16.3 Å². The molecule has 2 rings (SSSR count). The van der Waals surface area contributed by atoms with Crippen molar-refractivity contribution in [3.8, 4) is 5.75 Å². The summed E-state index contributed by atoms with van der Waals surface area (Å²) in [5.41, 5.74) is 0.606. The fourth-order valence-corrected chi connectivity index (χ4v) is 2.41. The molecule has 24 heavy (non-hydrogen) atoms. The summed E-state index contributed by atoms with van der Waals surface area (Å²) in [4.78, 5) is 24.4. The third-order valence-electron chi connectivity index (χ3n) is 3.39. The molecule has 0 atom stereocenters. The second kappa shape index (κ2) is 7.79. The predicted molar refractivity (Wildman–Crippen MR) is 91.5 cm³/mol. The minimum Gasteiger partial charge on any atom is -0.494 e. The van der Waals surface area contributed by atoms with Crippen molar-refractivity contribution in [2.75, 3.05) is 13.7 Å². The van der Waals surface area contributed by atoms with Crippen molar-refractivity contribution in [1.29, 1.82) is 0 Å². The zero-order valence-electron chi connectivity index (χ0n) is 13.4. The lowest BCUT2D eigenvalue weighted by Crippen LogP contribution is -2.26. The Balaban J connectivity index is 2.16. The third kappa shape index (κ3) is 4.23. The van der Waals surface area contributed by atoms with Crippen molar-refractivity contribution in [2.24, 2.45) is 0 Å². The molecule has 2 aromatic rings. The normalized spacial score (nSPS) is 10.3. The fourth-order valence-electron chi connectivity index (χ4n) is 2.25. The van der Waals surface area contributed by atoms with Gasteiger partial charge in [-0.05, 0) is 36.8 Å². The van der Waals surface area contributed by atoms with Crippen LogP contribution < -0.4 is 4.74 Å². The number of carbonyl (C=O) groups excluding carboxylic acids is 1. The Labute approximate surface area is 144 Å². The summed E-state index contributed by atoms with van der Waals surface area (Å²) in [6, 6.07) is 11.4. The van der Waals surface area contributed by atoms with Gasteiger partial charge in [-0.1, -0.05) is 23.7 Å². The number of hydrogen-bond acceptors (Lipinski definition) is 4. The van der Waals surface area contributed by atoms with Crippen LogP contribution in [0.2, 0.25) is 5.02 Å². The van der Waals surface area contributed by atoms with E-state index in [0.717, 1.165) is 11.3 Å². The van der Waals surface area contributed by atoms with Crippen LogP contribution in [0.1, 0.15) is 22.8 Å². The average Bonchev–Trinajstić information content (AvgIpc) is 2.56. The molecule has 0 N–H and O–H groups in total. The summed E-state index contributed by atoms with van der Waals surface area (Å²) in [7, 11) is 1.59. The Kier molecular flexibility index (Phi) is 5.76. The van der Waals surface area contributed by atoms with Gasteiger partial charge in [-0.25, -0.2) is 0 Å². The molecular weight excluding hydrogens is 332 g/mol. The van der Waals surface area contributed by atoms with Gasteiger partial charge in [-0.15, -0.1) is 0 Å². The zero-order chi connectivity index (χ0) is 17.7. The Morgan fingerprint density at radius 2 is 1.92 bits per heavy atom. The summed E-state index contributed by atoms with van der Waals surface area (Å²) in [6.45, 7) is 2.81. The highest BCUT2D eigenvalue weighted by molar-refractivity contribution is 6.31. The molecule has 0 aliphatic heterocycles. The van der Waals surface area contributed by atoms with Crippen LogP contribution in [0, 0.1) is 10.1 Å². The third-order valence-corrected chi connectivity index (χ3v) is 3.62. The first-order valence-electron chi connectivity index (χ1n) is 7.33. The molecule has 1 amide bonds. The van der Waals surface area contributed by atoms with Gasteiger partial charge in [0.1, 0.15) is 11.3 Å². The molecule has 0 radical (unpaired) electrons. The van der Waals surface area contributed by atoms with E-state index >= 15 is 0 Å². The van der Waals surface area contributed by atoms with Gasteiger partial charge in [0, 0.05) is 24.7 Å².